The maximum absolute atomic E-state index is 11.5. The Kier molecular flexibility index (Phi) is 4.39. The van der Waals surface area contributed by atoms with Crippen LogP contribution in [0.4, 0.5) is 0 Å². The van der Waals surface area contributed by atoms with E-state index in [2.05, 4.69) is 0 Å². The summed E-state index contributed by atoms with van der Waals surface area (Å²) in [6.07, 6.45) is 3.44. The molecule has 0 aromatic rings. The number of hydrogen-bond acceptors (Lipinski definition) is 3. The summed E-state index contributed by atoms with van der Waals surface area (Å²) < 4.78 is 10.3. The van der Waals surface area contributed by atoms with Gasteiger partial charge in [0.2, 0.25) is 0 Å². The summed E-state index contributed by atoms with van der Waals surface area (Å²) in [4.78, 5) is 11.5. The summed E-state index contributed by atoms with van der Waals surface area (Å²) in [5, 5.41) is 0. The molecule has 0 N–H and O–H groups in total. The molecule has 1 rings (SSSR count). The molecular formula is C10H18O3. The first-order valence-electron chi connectivity index (χ1n) is 4.91. The summed E-state index contributed by atoms with van der Waals surface area (Å²) in [7, 11) is 1.65. The van der Waals surface area contributed by atoms with E-state index in [0.717, 1.165) is 19.3 Å². The lowest BCUT2D eigenvalue weighted by Crippen LogP contribution is -2.20. The van der Waals surface area contributed by atoms with Gasteiger partial charge in [0, 0.05) is 20.1 Å². The second-order valence-corrected chi connectivity index (χ2v) is 3.58. The minimum Gasteiger partial charge on any atom is -0.385 e. The molecule has 0 amide bonds. The molecule has 0 saturated carbocycles. The highest BCUT2D eigenvalue weighted by molar-refractivity contribution is 5.83. The van der Waals surface area contributed by atoms with Gasteiger partial charge < -0.3 is 9.47 Å². The molecule has 3 heteroatoms. The molecule has 0 radical (unpaired) electrons. The first kappa shape index (κ1) is 10.7. The zero-order valence-electron chi connectivity index (χ0n) is 8.41. The molecule has 2 unspecified atom stereocenters. The summed E-state index contributed by atoms with van der Waals surface area (Å²) in [6, 6.07) is 0. The van der Waals surface area contributed by atoms with Crippen LogP contribution in [0.15, 0.2) is 0 Å². The van der Waals surface area contributed by atoms with Crippen molar-refractivity contribution in [1.29, 1.82) is 0 Å². The maximum Gasteiger partial charge on any atom is 0.161 e. The molecule has 0 spiro atoms. The van der Waals surface area contributed by atoms with E-state index in [9.17, 15) is 4.79 Å². The van der Waals surface area contributed by atoms with E-state index in [1.165, 1.54) is 0 Å². The first-order chi connectivity index (χ1) is 6.24. The van der Waals surface area contributed by atoms with Gasteiger partial charge >= 0.3 is 0 Å². The van der Waals surface area contributed by atoms with Gasteiger partial charge in [-0.3, -0.25) is 4.79 Å². The highest BCUT2D eigenvalue weighted by Crippen LogP contribution is 2.20. The summed E-state index contributed by atoms with van der Waals surface area (Å²) in [5.74, 6) is 0.237. The molecule has 2 atom stereocenters. The molecule has 0 aliphatic carbocycles. The van der Waals surface area contributed by atoms with Crippen molar-refractivity contribution in [2.75, 3.05) is 13.7 Å². The molecule has 1 fully saturated rings. The van der Waals surface area contributed by atoms with Crippen molar-refractivity contribution < 1.29 is 14.3 Å². The highest BCUT2D eigenvalue weighted by Gasteiger charge is 2.27. The summed E-state index contributed by atoms with van der Waals surface area (Å²) in [5.41, 5.74) is 0. The summed E-state index contributed by atoms with van der Waals surface area (Å²) in [6.45, 7) is 2.68. The van der Waals surface area contributed by atoms with Crippen LogP contribution in [0, 0.1) is 0 Å². The van der Waals surface area contributed by atoms with Crippen LogP contribution in [0.5, 0.6) is 0 Å². The molecule has 1 aliphatic heterocycles. The Morgan fingerprint density at radius 2 is 2.31 bits per heavy atom. The van der Waals surface area contributed by atoms with Gasteiger partial charge in [-0.2, -0.15) is 0 Å². The normalized spacial score (nSPS) is 27.8. The Hall–Kier alpha value is -0.410. The number of hydrogen-bond donors (Lipinski definition) is 0. The van der Waals surface area contributed by atoms with E-state index in [4.69, 9.17) is 9.47 Å². The van der Waals surface area contributed by atoms with Crippen molar-refractivity contribution in [3.8, 4) is 0 Å². The quantitative estimate of drug-likeness (QED) is 0.611. The Labute approximate surface area is 79.4 Å². The van der Waals surface area contributed by atoms with Gasteiger partial charge in [-0.25, -0.2) is 0 Å². The Balaban J connectivity index is 2.16. The summed E-state index contributed by atoms with van der Waals surface area (Å²) >= 11 is 0. The molecule has 1 aliphatic rings. The van der Waals surface area contributed by atoms with Crippen LogP contribution in [0.1, 0.15) is 32.6 Å². The molecule has 0 aromatic carbocycles. The minimum atomic E-state index is -0.133. The fourth-order valence-corrected chi connectivity index (χ4v) is 1.59. The molecule has 0 aromatic heterocycles. The fraction of sp³-hybridized carbons (Fsp3) is 0.900. The van der Waals surface area contributed by atoms with Crippen LogP contribution < -0.4 is 0 Å². The molecule has 1 heterocycles. The fourth-order valence-electron chi connectivity index (χ4n) is 1.59. The van der Waals surface area contributed by atoms with Gasteiger partial charge in [0.05, 0.1) is 6.10 Å². The van der Waals surface area contributed by atoms with E-state index < -0.39 is 0 Å². The molecule has 3 nitrogen and oxygen atoms in total. The third kappa shape index (κ3) is 3.44. The third-order valence-electron chi connectivity index (χ3n) is 2.36. The largest absolute Gasteiger partial charge is 0.385 e. The average Bonchev–Trinajstić information content (AvgIpc) is 2.52. The van der Waals surface area contributed by atoms with E-state index >= 15 is 0 Å². The van der Waals surface area contributed by atoms with Crippen molar-refractivity contribution in [2.24, 2.45) is 0 Å². The lowest BCUT2D eigenvalue weighted by atomic mass is 10.1. The minimum absolute atomic E-state index is 0.133. The first-order valence-corrected chi connectivity index (χ1v) is 4.91. The molecule has 0 bridgehead atoms. The number of carbonyl (C=O) groups excluding carboxylic acids is 1. The second kappa shape index (κ2) is 5.35. The van der Waals surface area contributed by atoms with E-state index in [1.807, 2.05) is 6.92 Å². The number of ether oxygens (including phenoxy) is 2. The second-order valence-electron chi connectivity index (χ2n) is 3.58. The van der Waals surface area contributed by atoms with Crippen LogP contribution in [0.25, 0.3) is 0 Å². The van der Waals surface area contributed by atoms with E-state index in [1.54, 1.807) is 7.11 Å². The Bertz CT molecular complexity index is 168. The smallest absolute Gasteiger partial charge is 0.161 e. The van der Waals surface area contributed by atoms with Gasteiger partial charge in [0.25, 0.3) is 0 Å². The predicted octanol–water partition coefficient (Wildman–Crippen LogP) is 1.55. The van der Waals surface area contributed by atoms with Crippen LogP contribution in [-0.2, 0) is 14.3 Å². The molecule has 1 saturated heterocycles. The maximum atomic E-state index is 11.5. The van der Waals surface area contributed by atoms with Crippen molar-refractivity contribution >= 4 is 5.78 Å². The SMILES string of the molecule is COCCCC(=O)C1CCC(C)O1. The van der Waals surface area contributed by atoms with Crippen molar-refractivity contribution in [3.63, 3.8) is 0 Å². The van der Waals surface area contributed by atoms with Crippen molar-refractivity contribution in [2.45, 2.75) is 44.8 Å². The van der Waals surface area contributed by atoms with Crippen molar-refractivity contribution in [3.05, 3.63) is 0 Å². The Morgan fingerprint density at radius 1 is 1.54 bits per heavy atom. The lowest BCUT2D eigenvalue weighted by molar-refractivity contribution is -0.129. The van der Waals surface area contributed by atoms with Crippen LogP contribution >= 0.6 is 0 Å². The van der Waals surface area contributed by atoms with Crippen LogP contribution in [0.3, 0.4) is 0 Å². The van der Waals surface area contributed by atoms with Gasteiger partial charge in [0.15, 0.2) is 5.78 Å². The third-order valence-corrected chi connectivity index (χ3v) is 2.36. The van der Waals surface area contributed by atoms with Gasteiger partial charge in [-0.1, -0.05) is 0 Å². The number of methoxy groups -OCH3 is 1. The number of ketones is 1. The van der Waals surface area contributed by atoms with Crippen LogP contribution in [0.2, 0.25) is 0 Å². The zero-order chi connectivity index (χ0) is 9.68. The topological polar surface area (TPSA) is 35.5 Å². The zero-order valence-corrected chi connectivity index (χ0v) is 8.41. The van der Waals surface area contributed by atoms with Gasteiger partial charge in [-0.05, 0) is 26.2 Å². The lowest BCUT2D eigenvalue weighted by Gasteiger charge is -2.09. The number of carbonyl (C=O) groups is 1. The Morgan fingerprint density at radius 3 is 2.85 bits per heavy atom. The number of Topliss-reactive ketones (excluding diaryl/α,β-unsaturated/α-hetero) is 1. The van der Waals surface area contributed by atoms with Gasteiger partial charge in [0.1, 0.15) is 6.10 Å². The van der Waals surface area contributed by atoms with E-state index in [-0.39, 0.29) is 18.0 Å². The van der Waals surface area contributed by atoms with E-state index in [0.29, 0.717) is 13.0 Å². The monoisotopic (exact) mass is 186 g/mol. The standard InChI is InChI=1S/C10H18O3/c1-8-5-6-10(13-8)9(11)4-3-7-12-2/h8,10H,3-7H2,1-2H3. The van der Waals surface area contributed by atoms with Crippen LogP contribution in [-0.4, -0.2) is 31.7 Å². The van der Waals surface area contributed by atoms with Gasteiger partial charge in [-0.15, -0.1) is 0 Å². The molecule has 76 valence electrons. The number of rotatable bonds is 5. The average molecular weight is 186 g/mol. The predicted molar refractivity (Wildman–Crippen MR) is 49.7 cm³/mol. The van der Waals surface area contributed by atoms with Crippen molar-refractivity contribution in [1.82, 2.24) is 0 Å². The highest BCUT2D eigenvalue weighted by atomic mass is 16.5. The molecular weight excluding hydrogens is 168 g/mol. The molecule has 13 heavy (non-hydrogen) atoms.